The molecule has 0 saturated carbocycles. The second-order valence-corrected chi connectivity index (χ2v) is 3.20. The Balaban J connectivity index is 3.94. The number of allylic oxidation sites excluding steroid dienone is 2. The van der Waals surface area contributed by atoms with Crippen LogP contribution in [-0.2, 0) is 4.79 Å². The van der Waals surface area contributed by atoms with E-state index in [1.165, 1.54) is 0 Å². The van der Waals surface area contributed by atoms with E-state index in [1.807, 2.05) is 26.8 Å². The van der Waals surface area contributed by atoms with E-state index in [0.717, 1.165) is 0 Å². The quantitative estimate of drug-likeness (QED) is 0.573. The lowest BCUT2D eigenvalue weighted by molar-refractivity contribution is -0.118. The second kappa shape index (κ2) is 5.60. The molecule has 0 spiro atoms. The topological polar surface area (TPSA) is 17.1 Å². The van der Waals surface area contributed by atoms with Crippen LogP contribution in [0.5, 0.6) is 0 Å². The first-order valence-corrected chi connectivity index (χ1v) is 4.22. The molecule has 0 aromatic carbocycles. The van der Waals surface area contributed by atoms with Gasteiger partial charge in [0.15, 0.2) is 0 Å². The lowest BCUT2D eigenvalue weighted by atomic mass is 10.1. The molecule has 0 N–H and O–H groups in total. The second-order valence-electron chi connectivity index (χ2n) is 3.20. The van der Waals surface area contributed by atoms with Crippen molar-refractivity contribution in [2.45, 2.75) is 27.7 Å². The summed E-state index contributed by atoms with van der Waals surface area (Å²) in [5.41, 5.74) is 0. The molecule has 0 bridgehead atoms. The van der Waals surface area contributed by atoms with Gasteiger partial charge < -0.3 is 0 Å². The highest BCUT2D eigenvalue weighted by atomic mass is 16.1. The number of carbonyl (C=O) groups is 1. The summed E-state index contributed by atoms with van der Waals surface area (Å²) in [6, 6.07) is 0. The first-order chi connectivity index (χ1) is 5.54. The molecule has 1 heteroatoms. The predicted molar refractivity (Wildman–Crippen MR) is 51.6 cm³/mol. The van der Waals surface area contributed by atoms with Crippen molar-refractivity contribution in [2.24, 2.45) is 11.8 Å². The Morgan fingerprint density at radius 1 is 1.33 bits per heavy atom. The van der Waals surface area contributed by atoms with Crippen LogP contribution in [-0.4, -0.2) is 5.78 Å². The van der Waals surface area contributed by atoms with Crippen molar-refractivity contribution in [3.05, 3.63) is 12.2 Å². The van der Waals surface area contributed by atoms with Gasteiger partial charge in [0.05, 0.1) is 0 Å². The van der Waals surface area contributed by atoms with E-state index in [0.29, 0.717) is 5.92 Å². The molecule has 0 radical (unpaired) electrons. The first kappa shape index (κ1) is 11.0. The lowest BCUT2D eigenvalue weighted by Gasteiger charge is -1.95. The third-order valence-electron chi connectivity index (χ3n) is 1.48. The summed E-state index contributed by atoms with van der Waals surface area (Å²) in [6.45, 7) is 7.53. The monoisotopic (exact) mass is 164 g/mol. The van der Waals surface area contributed by atoms with E-state index in [4.69, 9.17) is 0 Å². The Morgan fingerprint density at radius 3 is 2.33 bits per heavy atom. The molecule has 0 saturated heterocycles. The van der Waals surface area contributed by atoms with Crippen LogP contribution in [0, 0.1) is 23.7 Å². The SMILES string of the molecule is CC(=O)C(C)/C=C/C#CC(C)C. The minimum Gasteiger partial charge on any atom is -0.299 e. The molecule has 0 aromatic heterocycles. The number of carbonyl (C=O) groups excluding carboxylic acids is 1. The fourth-order valence-electron chi connectivity index (χ4n) is 0.543. The molecular formula is C11H16O. The van der Waals surface area contributed by atoms with Gasteiger partial charge in [0.25, 0.3) is 0 Å². The number of Topliss-reactive ketones (excluding diaryl/α,β-unsaturated/α-hetero) is 1. The molecule has 0 aliphatic rings. The summed E-state index contributed by atoms with van der Waals surface area (Å²) in [7, 11) is 0. The molecule has 0 aliphatic heterocycles. The maximum atomic E-state index is 10.8. The number of hydrogen-bond donors (Lipinski definition) is 0. The minimum absolute atomic E-state index is 0.00791. The van der Waals surface area contributed by atoms with Crippen LogP contribution in [0.1, 0.15) is 27.7 Å². The number of hydrogen-bond acceptors (Lipinski definition) is 1. The Bertz CT molecular complexity index is 225. The minimum atomic E-state index is -0.00791. The van der Waals surface area contributed by atoms with Crippen molar-refractivity contribution in [3.8, 4) is 11.8 Å². The van der Waals surface area contributed by atoms with Crippen molar-refractivity contribution >= 4 is 5.78 Å². The van der Waals surface area contributed by atoms with Crippen molar-refractivity contribution in [3.63, 3.8) is 0 Å². The van der Waals surface area contributed by atoms with E-state index < -0.39 is 0 Å². The largest absolute Gasteiger partial charge is 0.299 e. The van der Waals surface area contributed by atoms with Gasteiger partial charge in [-0.3, -0.25) is 4.79 Å². The zero-order chi connectivity index (χ0) is 9.56. The van der Waals surface area contributed by atoms with Crippen LogP contribution in [0.25, 0.3) is 0 Å². The summed E-state index contributed by atoms with van der Waals surface area (Å²) >= 11 is 0. The van der Waals surface area contributed by atoms with E-state index in [1.54, 1.807) is 13.0 Å². The summed E-state index contributed by atoms with van der Waals surface area (Å²) in [6.07, 6.45) is 3.59. The molecule has 0 rings (SSSR count). The van der Waals surface area contributed by atoms with Crippen LogP contribution in [0.4, 0.5) is 0 Å². The van der Waals surface area contributed by atoms with Gasteiger partial charge in [0.2, 0.25) is 0 Å². The number of rotatable bonds is 2. The van der Waals surface area contributed by atoms with Gasteiger partial charge in [-0.15, -0.1) is 0 Å². The maximum Gasteiger partial charge on any atom is 0.136 e. The molecule has 1 nitrogen and oxygen atoms in total. The predicted octanol–water partition coefficient (Wildman–Crippen LogP) is 2.43. The van der Waals surface area contributed by atoms with Crippen molar-refractivity contribution < 1.29 is 4.79 Å². The molecule has 0 heterocycles. The molecule has 0 fully saturated rings. The highest BCUT2D eigenvalue weighted by Crippen LogP contribution is 1.97. The van der Waals surface area contributed by atoms with Crippen molar-refractivity contribution in [1.82, 2.24) is 0 Å². The molecule has 0 aromatic rings. The molecule has 1 unspecified atom stereocenters. The standard InChI is InChI=1S/C11H16O/c1-9(2)7-5-6-8-10(3)11(4)12/h6,8-10H,1-4H3/b8-6+. The van der Waals surface area contributed by atoms with Gasteiger partial charge >= 0.3 is 0 Å². The zero-order valence-electron chi connectivity index (χ0n) is 8.22. The van der Waals surface area contributed by atoms with Crippen LogP contribution < -0.4 is 0 Å². The fraction of sp³-hybridized carbons (Fsp3) is 0.545. The Kier molecular flexibility index (Phi) is 5.12. The van der Waals surface area contributed by atoms with Crippen molar-refractivity contribution in [2.75, 3.05) is 0 Å². The van der Waals surface area contributed by atoms with E-state index in [2.05, 4.69) is 11.8 Å². The molecule has 12 heavy (non-hydrogen) atoms. The van der Waals surface area contributed by atoms with Crippen LogP contribution in [0.2, 0.25) is 0 Å². The molecule has 0 amide bonds. The Morgan fingerprint density at radius 2 is 1.92 bits per heavy atom. The Hall–Kier alpha value is -1.03. The van der Waals surface area contributed by atoms with Gasteiger partial charge in [-0.25, -0.2) is 0 Å². The van der Waals surface area contributed by atoms with E-state index >= 15 is 0 Å². The fourth-order valence-corrected chi connectivity index (χ4v) is 0.543. The van der Waals surface area contributed by atoms with Gasteiger partial charge in [-0.05, 0) is 13.0 Å². The van der Waals surface area contributed by atoms with Crippen molar-refractivity contribution in [1.29, 1.82) is 0 Å². The zero-order valence-corrected chi connectivity index (χ0v) is 8.22. The average Bonchev–Trinajstić information content (AvgIpc) is 1.97. The summed E-state index contributed by atoms with van der Waals surface area (Å²) in [4.78, 5) is 10.8. The first-order valence-electron chi connectivity index (χ1n) is 4.22. The average molecular weight is 164 g/mol. The highest BCUT2D eigenvalue weighted by molar-refractivity contribution is 5.79. The maximum absolute atomic E-state index is 10.8. The summed E-state index contributed by atoms with van der Waals surface area (Å²) in [5.74, 6) is 6.44. The smallest absolute Gasteiger partial charge is 0.136 e. The number of ketones is 1. The molecule has 66 valence electrons. The third kappa shape index (κ3) is 5.73. The highest BCUT2D eigenvalue weighted by Gasteiger charge is 1.99. The summed E-state index contributed by atoms with van der Waals surface area (Å²) in [5, 5.41) is 0. The van der Waals surface area contributed by atoms with Gasteiger partial charge in [0.1, 0.15) is 5.78 Å². The lowest BCUT2D eigenvalue weighted by Crippen LogP contribution is -2.01. The van der Waals surface area contributed by atoms with Crippen LogP contribution in [0.15, 0.2) is 12.2 Å². The molecule has 0 aliphatic carbocycles. The van der Waals surface area contributed by atoms with Crippen LogP contribution >= 0.6 is 0 Å². The van der Waals surface area contributed by atoms with Gasteiger partial charge in [0, 0.05) is 11.8 Å². The summed E-state index contributed by atoms with van der Waals surface area (Å²) < 4.78 is 0. The molecular weight excluding hydrogens is 148 g/mol. The van der Waals surface area contributed by atoms with Gasteiger partial charge in [-0.1, -0.05) is 38.7 Å². The van der Waals surface area contributed by atoms with E-state index in [9.17, 15) is 4.79 Å². The van der Waals surface area contributed by atoms with E-state index in [-0.39, 0.29) is 11.7 Å². The van der Waals surface area contributed by atoms with Gasteiger partial charge in [-0.2, -0.15) is 0 Å². The normalized spacial score (nSPS) is 12.8. The molecule has 1 atom stereocenters. The third-order valence-corrected chi connectivity index (χ3v) is 1.48. The van der Waals surface area contributed by atoms with Crippen LogP contribution in [0.3, 0.4) is 0 Å². The Labute approximate surface area is 74.9 Å².